The van der Waals surface area contributed by atoms with Crippen molar-refractivity contribution < 1.29 is 0 Å². The van der Waals surface area contributed by atoms with Crippen molar-refractivity contribution in [2.45, 2.75) is 0 Å². The largest absolute Gasteiger partial charge is 0.310 e. The SMILES string of the molecule is c1ccc(N(c2ccccc2)c2ccc3c4ccccc4n(-c4ccc5nc(N(c6ccccc6)c6ccc7c(c6)c6ccccc6n7-c6ccccc6)nc(N(c6ccccc6)c6ccc7c8ccccc8n(-c8ccccc8)c7c6)c5c4)c3c2)cc1. The van der Waals surface area contributed by atoms with Crippen LogP contribution in [0.5, 0.6) is 0 Å². The second kappa shape index (κ2) is 21.0. The predicted octanol–water partition coefficient (Wildman–Crippen LogP) is 21.3. The summed E-state index contributed by atoms with van der Waals surface area (Å²) in [5.74, 6) is 1.25. The molecule has 0 aliphatic rings. The van der Waals surface area contributed by atoms with E-state index in [4.69, 9.17) is 9.97 Å². The number of hydrogen-bond acceptors (Lipinski definition) is 5. The number of nitrogens with zero attached hydrogens (tertiary/aromatic N) is 8. The number of para-hydroxylation sites is 9. The third kappa shape index (κ3) is 8.37. The molecule has 0 amide bonds. The maximum Gasteiger partial charge on any atom is 0.237 e. The molecular weight excluding hydrogens is 1070 g/mol. The van der Waals surface area contributed by atoms with Gasteiger partial charge in [-0.15, -0.1) is 0 Å². The van der Waals surface area contributed by atoms with Crippen LogP contribution in [-0.2, 0) is 0 Å². The first-order valence-corrected chi connectivity index (χ1v) is 29.8. The minimum absolute atomic E-state index is 0.524. The summed E-state index contributed by atoms with van der Waals surface area (Å²) < 4.78 is 7.15. The number of benzene rings is 13. The molecule has 0 aliphatic carbocycles. The second-order valence-corrected chi connectivity index (χ2v) is 22.2. The zero-order valence-electron chi connectivity index (χ0n) is 47.8. The van der Waals surface area contributed by atoms with Crippen molar-refractivity contribution in [3.63, 3.8) is 0 Å². The Kier molecular flexibility index (Phi) is 12.0. The highest BCUT2D eigenvalue weighted by molar-refractivity contribution is 6.14. The molecule has 8 nitrogen and oxygen atoms in total. The highest BCUT2D eigenvalue weighted by Gasteiger charge is 2.27. The molecule has 0 unspecified atom stereocenters. The second-order valence-electron chi connectivity index (χ2n) is 22.2. The van der Waals surface area contributed by atoms with Gasteiger partial charge in [-0.05, 0) is 152 Å². The molecular formula is C80H54N8. The first kappa shape index (κ1) is 50.5. The molecule has 0 bridgehead atoms. The van der Waals surface area contributed by atoms with Crippen molar-refractivity contribution in [2.75, 3.05) is 14.7 Å². The van der Waals surface area contributed by atoms with Gasteiger partial charge in [-0.3, -0.25) is 9.80 Å². The van der Waals surface area contributed by atoms with E-state index in [2.05, 4.69) is 356 Å². The summed E-state index contributed by atoms with van der Waals surface area (Å²) in [4.78, 5) is 18.5. The van der Waals surface area contributed by atoms with Gasteiger partial charge in [0.1, 0.15) is 0 Å². The average Bonchev–Trinajstić information content (AvgIpc) is 1.83. The van der Waals surface area contributed by atoms with Crippen LogP contribution < -0.4 is 14.7 Å². The lowest BCUT2D eigenvalue weighted by Gasteiger charge is -2.29. The molecule has 4 heterocycles. The molecule has 0 aliphatic heterocycles. The van der Waals surface area contributed by atoms with Gasteiger partial charge in [0.2, 0.25) is 5.95 Å². The van der Waals surface area contributed by atoms with Crippen LogP contribution in [0.15, 0.2) is 328 Å². The van der Waals surface area contributed by atoms with Gasteiger partial charge < -0.3 is 18.6 Å². The van der Waals surface area contributed by atoms with E-state index in [0.717, 1.165) is 134 Å². The Morgan fingerprint density at radius 2 is 0.568 bits per heavy atom. The van der Waals surface area contributed by atoms with E-state index in [1.165, 1.54) is 5.39 Å². The lowest BCUT2D eigenvalue weighted by molar-refractivity contribution is 1.08. The monoisotopic (exact) mass is 1130 g/mol. The fourth-order valence-electron chi connectivity index (χ4n) is 13.3. The van der Waals surface area contributed by atoms with E-state index in [0.29, 0.717) is 5.95 Å². The fourth-order valence-corrected chi connectivity index (χ4v) is 13.3. The van der Waals surface area contributed by atoms with Crippen molar-refractivity contribution in [2.24, 2.45) is 0 Å². The Labute approximate surface area is 508 Å². The van der Waals surface area contributed by atoms with Gasteiger partial charge in [0.15, 0.2) is 5.82 Å². The highest BCUT2D eigenvalue weighted by Crippen LogP contribution is 2.46. The number of anilines is 9. The predicted molar refractivity (Wildman–Crippen MR) is 367 cm³/mol. The van der Waals surface area contributed by atoms with E-state index >= 15 is 0 Å². The highest BCUT2D eigenvalue weighted by atomic mass is 15.3. The molecule has 0 radical (unpaired) electrons. The van der Waals surface area contributed by atoms with Crippen molar-refractivity contribution in [1.82, 2.24) is 23.7 Å². The molecule has 17 rings (SSSR count). The van der Waals surface area contributed by atoms with Gasteiger partial charge >= 0.3 is 0 Å². The smallest absolute Gasteiger partial charge is 0.237 e. The van der Waals surface area contributed by atoms with Crippen LogP contribution in [0, 0.1) is 0 Å². The quantitative estimate of drug-likeness (QED) is 0.122. The first-order chi connectivity index (χ1) is 43.7. The summed E-state index contributed by atoms with van der Waals surface area (Å²) in [5, 5.41) is 7.83. The standard InChI is InChI=1S/C80H54N8/c1-7-25-55(26-8-1)83(56-27-9-2-10-28-56)63-43-47-69-66-38-20-23-41-74(66)88(78(69)53-63)62-45-49-72-71(52-62)79(84(57-29-11-3-12-30-57)64-44-48-68-65-37-19-22-40-73(65)87(77(68)54-64)60-35-17-6-18-36-60)82-80(81-72)85(58-31-13-4-14-32-58)61-46-50-76-70(51-61)67-39-21-24-42-75(67)86(76)59-33-15-5-16-34-59/h1-54H. The maximum absolute atomic E-state index is 5.97. The molecule has 8 heteroatoms. The van der Waals surface area contributed by atoms with Crippen molar-refractivity contribution in [3.05, 3.63) is 328 Å². The van der Waals surface area contributed by atoms with Crippen molar-refractivity contribution in [1.29, 1.82) is 0 Å². The van der Waals surface area contributed by atoms with Gasteiger partial charge in [0.05, 0.1) is 38.6 Å². The molecule has 0 saturated carbocycles. The number of hydrogen-bond donors (Lipinski definition) is 0. The van der Waals surface area contributed by atoms with Gasteiger partial charge in [-0.25, -0.2) is 4.98 Å². The van der Waals surface area contributed by atoms with Crippen molar-refractivity contribution >= 4 is 128 Å². The van der Waals surface area contributed by atoms with Crippen LogP contribution in [0.3, 0.4) is 0 Å². The molecule has 0 fully saturated rings. The molecule has 13 aromatic carbocycles. The molecule has 414 valence electrons. The fraction of sp³-hybridized carbons (Fsp3) is 0. The van der Waals surface area contributed by atoms with Crippen LogP contribution in [0.2, 0.25) is 0 Å². The Morgan fingerprint density at radius 3 is 1.08 bits per heavy atom. The number of fused-ring (bicyclic) bond motifs is 10. The van der Waals surface area contributed by atoms with Crippen LogP contribution in [0.4, 0.5) is 51.6 Å². The van der Waals surface area contributed by atoms with Crippen LogP contribution in [0.1, 0.15) is 0 Å². The lowest BCUT2D eigenvalue weighted by Crippen LogP contribution is -2.18. The van der Waals surface area contributed by atoms with Crippen LogP contribution in [-0.4, -0.2) is 23.7 Å². The summed E-state index contributed by atoms with van der Waals surface area (Å²) in [6.07, 6.45) is 0. The number of rotatable bonds is 12. The van der Waals surface area contributed by atoms with Gasteiger partial charge in [0, 0.05) is 94.6 Å². The zero-order chi connectivity index (χ0) is 58.1. The minimum Gasteiger partial charge on any atom is -0.310 e. The Bertz CT molecular complexity index is 5410. The molecule has 0 N–H and O–H groups in total. The molecule has 0 atom stereocenters. The molecule has 0 spiro atoms. The summed E-state index contributed by atoms with van der Waals surface area (Å²) in [6.45, 7) is 0. The Balaban J connectivity index is 0.937. The Morgan fingerprint density at radius 1 is 0.205 bits per heavy atom. The van der Waals surface area contributed by atoms with Crippen LogP contribution >= 0.6 is 0 Å². The average molecular weight is 1130 g/mol. The van der Waals surface area contributed by atoms with E-state index in [1.807, 2.05) is 0 Å². The normalized spacial score (nSPS) is 11.6. The lowest BCUT2D eigenvalue weighted by atomic mass is 10.1. The summed E-state index contributed by atoms with van der Waals surface area (Å²) >= 11 is 0. The molecule has 0 saturated heterocycles. The number of aromatic nitrogens is 5. The van der Waals surface area contributed by atoms with E-state index < -0.39 is 0 Å². The summed E-state index contributed by atoms with van der Waals surface area (Å²) in [6, 6.07) is 117. The van der Waals surface area contributed by atoms with Crippen molar-refractivity contribution in [3.8, 4) is 17.1 Å². The third-order valence-corrected chi connectivity index (χ3v) is 17.1. The van der Waals surface area contributed by atoms with E-state index in [9.17, 15) is 0 Å². The molecule has 4 aromatic heterocycles. The first-order valence-electron chi connectivity index (χ1n) is 29.8. The van der Waals surface area contributed by atoms with Gasteiger partial charge in [0.25, 0.3) is 0 Å². The Hall–Kier alpha value is -12.0. The maximum atomic E-state index is 5.97. The summed E-state index contributed by atoms with van der Waals surface area (Å²) in [5.41, 5.74) is 17.5. The van der Waals surface area contributed by atoms with Gasteiger partial charge in [-0.1, -0.05) is 176 Å². The van der Waals surface area contributed by atoms with E-state index in [-0.39, 0.29) is 0 Å². The molecule has 88 heavy (non-hydrogen) atoms. The summed E-state index contributed by atoms with van der Waals surface area (Å²) in [7, 11) is 0. The van der Waals surface area contributed by atoms with Gasteiger partial charge in [-0.2, -0.15) is 4.98 Å². The zero-order valence-corrected chi connectivity index (χ0v) is 47.8. The minimum atomic E-state index is 0.524. The van der Waals surface area contributed by atoms with Crippen LogP contribution in [0.25, 0.3) is 93.4 Å². The topological polar surface area (TPSA) is 50.3 Å². The molecule has 17 aromatic rings. The van der Waals surface area contributed by atoms with E-state index in [1.54, 1.807) is 0 Å². The third-order valence-electron chi connectivity index (χ3n) is 17.1.